The third-order valence-corrected chi connectivity index (χ3v) is 6.50. The number of aromatic nitrogens is 5. The Hall–Kier alpha value is -3.25. The van der Waals surface area contributed by atoms with Crippen LogP contribution >= 0.6 is 0 Å². The number of hydrogen-bond donors (Lipinski definition) is 1. The number of piperidine rings is 1. The number of pyridine rings is 1. The van der Waals surface area contributed by atoms with Crippen molar-refractivity contribution >= 4 is 22.7 Å². The Kier molecular flexibility index (Phi) is 5.16. The summed E-state index contributed by atoms with van der Waals surface area (Å²) in [4.78, 5) is 24.3. The number of likely N-dealkylation sites (tertiary alicyclic amines) is 1. The molecule has 4 heterocycles. The summed E-state index contributed by atoms with van der Waals surface area (Å²) in [6, 6.07) is 4.10. The molecule has 5 rings (SSSR count). The number of nitriles is 1. The summed E-state index contributed by atoms with van der Waals surface area (Å²) < 4.78 is 3.72. The summed E-state index contributed by atoms with van der Waals surface area (Å²) >= 11 is 0. The summed E-state index contributed by atoms with van der Waals surface area (Å²) in [7, 11) is 2.15. The molecule has 1 saturated carbocycles. The molecular weight excluding hydrogens is 392 g/mol. The highest BCUT2D eigenvalue weighted by Gasteiger charge is 2.23. The molecule has 9 heteroatoms. The number of nitrogens with one attached hydrogen (secondary N) is 1. The number of fused-ring (bicyclic) bond motifs is 1. The van der Waals surface area contributed by atoms with Gasteiger partial charge in [-0.1, -0.05) is 12.8 Å². The van der Waals surface area contributed by atoms with Crippen molar-refractivity contribution in [1.82, 2.24) is 29.2 Å². The predicted octanol–water partition coefficient (Wildman–Crippen LogP) is 2.99. The molecule has 1 saturated heterocycles. The highest BCUT2D eigenvalue weighted by Crippen LogP contribution is 2.31. The summed E-state index contributed by atoms with van der Waals surface area (Å²) in [5, 5.41) is 17.9. The van der Waals surface area contributed by atoms with Crippen LogP contribution in [0, 0.1) is 11.3 Å². The summed E-state index contributed by atoms with van der Waals surface area (Å²) in [5.74, 6) is 0.422. The van der Waals surface area contributed by atoms with Gasteiger partial charge in [0.15, 0.2) is 0 Å². The molecule has 160 valence electrons. The lowest BCUT2D eigenvalue weighted by molar-refractivity contribution is 0.212. The summed E-state index contributed by atoms with van der Waals surface area (Å²) in [6.07, 6.45) is 11.7. The van der Waals surface area contributed by atoms with Gasteiger partial charge < -0.3 is 10.2 Å². The molecule has 0 spiro atoms. The fraction of sp³-hybridized carbons (Fsp3) is 0.500. The normalized spacial score (nSPS) is 18.5. The van der Waals surface area contributed by atoms with Gasteiger partial charge in [0.1, 0.15) is 17.3 Å². The van der Waals surface area contributed by atoms with E-state index >= 15 is 0 Å². The monoisotopic (exact) mass is 418 g/mol. The number of rotatable bonds is 4. The van der Waals surface area contributed by atoms with Crippen LogP contribution in [0.5, 0.6) is 0 Å². The molecule has 0 atom stereocenters. The molecule has 3 aromatic rings. The first-order valence-corrected chi connectivity index (χ1v) is 10.9. The molecule has 0 unspecified atom stereocenters. The van der Waals surface area contributed by atoms with Crippen molar-refractivity contribution in [1.29, 1.82) is 5.26 Å². The molecule has 0 aromatic carbocycles. The SMILES string of the molecule is CN1CCC(n2cc(Nc3ncc4cc(C#N)c(=O)n(C5CCCC5)c4n3)cn2)CC1. The van der Waals surface area contributed by atoms with Gasteiger partial charge in [-0.3, -0.25) is 14.0 Å². The van der Waals surface area contributed by atoms with Crippen LogP contribution in [0.15, 0.2) is 29.5 Å². The molecule has 31 heavy (non-hydrogen) atoms. The van der Waals surface area contributed by atoms with Crippen LogP contribution in [0.1, 0.15) is 56.2 Å². The summed E-state index contributed by atoms with van der Waals surface area (Å²) in [6.45, 7) is 2.15. The number of hydrogen-bond acceptors (Lipinski definition) is 7. The second-order valence-corrected chi connectivity index (χ2v) is 8.62. The maximum Gasteiger partial charge on any atom is 0.270 e. The number of nitrogens with zero attached hydrogens (tertiary/aromatic N) is 7. The van der Waals surface area contributed by atoms with Gasteiger partial charge in [-0.15, -0.1) is 0 Å². The van der Waals surface area contributed by atoms with Gasteiger partial charge in [0.2, 0.25) is 5.95 Å². The Morgan fingerprint density at radius 3 is 2.65 bits per heavy atom. The minimum absolute atomic E-state index is 0.0817. The van der Waals surface area contributed by atoms with Gasteiger partial charge in [-0.05, 0) is 51.9 Å². The van der Waals surface area contributed by atoms with Gasteiger partial charge in [0.05, 0.1) is 17.9 Å². The van der Waals surface area contributed by atoms with E-state index in [9.17, 15) is 10.1 Å². The largest absolute Gasteiger partial charge is 0.321 e. The Bertz CT molecular complexity index is 1190. The predicted molar refractivity (Wildman–Crippen MR) is 117 cm³/mol. The van der Waals surface area contributed by atoms with Crippen LogP contribution in [-0.2, 0) is 0 Å². The van der Waals surface area contributed by atoms with Crippen molar-refractivity contribution in [2.24, 2.45) is 0 Å². The van der Waals surface area contributed by atoms with E-state index in [4.69, 9.17) is 0 Å². The average Bonchev–Trinajstić information content (AvgIpc) is 3.46. The first-order valence-electron chi connectivity index (χ1n) is 10.9. The van der Waals surface area contributed by atoms with E-state index in [1.807, 2.05) is 16.9 Å². The van der Waals surface area contributed by atoms with E-state index < -0.39 is 0 Å². The lowest BCUT2D eigenvalue weighted by Crippen LogP contribution is -2.31. The zero-order valence-corrected chi connectivity index (χ0v) is 17.7. The maximum absolute atomic E-state index is 12.9. The van der Waals surface area contributed by atoms with Gasteiger partial charge in [-0.25, -0.2) is 4.98 Å². The minimum Gasteiger partial charge on any atom is -0.321 e. The quantitative estimate of drug-likeness (QED) is 0.694. The standard InChI is InChI=1S/C22H26N8O/c1-28-8-6-18(7-9-28)29-14-17(13-25-29)26-22-24-12-16-10-15(11-23)21(31)30(20(16)27-22)19-4-2-3-5-19/h10,12-14,18-19H,2-9H2,1H3,(H,24,26,27). The van der Waals surface area contributed by atoms with E-state index in [-0.39, 0.29) is 17.2 Å². The lowest BCUT2D eigenvalue weighted by Gasteiger charge is -2.28. The van der Waals surface area contributed by atoms with E-state index in [1.165, 1.54) is 0 Å². The molecule has 2 fully saturated rings. The molecule has 2 aliphatic rings. The van der Waals surface area contributed by atoms with E-state index in [0.717, 1.165) is 57.3 Å². The smallest absolute Gasteiger partial charge is 0.270 e. The van der Waals surface area contributed by atoms with Crippen LogP contribution in [0.2, 0.25) is 0 Å². The summed E-state index contributed by atoms with van der Waals surface area (Å²) in [5.41, 5.74) is 1.28. The van der Waals surface area contributed by atoms with Crippen molar-refractivity contribution < 1.29 is 0 Å². The lowest BCUT2D eigenvalue weighted by atomic mass is 10.1. The third-order valence-electron chi connectivity index (χ3n) is 6.50. The molecule has 0 radical (unpaired) electrons. The zero-order valence-electron chi connectivity index (χ0n) is 17.7. The Morgan fingerprint density at radius 2 is 1.90 bits per heavy atom. The molecule has 1 aliphatic carbocycles. The van der Waals surface area contributed by atoms with Crippen molar-refractivity contribution in [3.8, 4) is 6.07 Å². The second kappa shape index (κ2) is 8.12. The Morgan fingerprint density at radius 1 is 1.13 bits per heavy atom. The molecule has 0 amide bonds. The number of anilines is 2. The van der Waals surface area contributed by atoms with Gasteiger partial charge in [0.25, 0.3) is 5.56 Å². The Labute approximate surface area is 180 Å². The molecule has 1 aliphatic heterocycles. The highest BCUT2D eigenvalue weighted by molar-refractivity contribution is 5.77. The molecule has 3 aromatic heterocycles. The topological polar surface area (TPSA) is 105 Å². The van der Waals surface area contributed by atoms with E-state index in [2.05, 4.69) is 32.3 Å². The van der Waals surface area contributed by atoms with E-state index in [0.29, 0.717) is 23.0 Å². The fourth-order valence-electron chi connectivity index (χ4n) is 4.75. The first-order chi connectivity index (χ1) is 15.1. The fourth-order valence-corrected chi connectivity index (χ4v) is 4.75. The Balaban J connectivity index is 1.46. The van der Waals surface area contributed by atoms with Crippen LogP contribution in [0.25, 0.3) is 11.0 Å². The zero-order chi connectivity index (χ0) is 21.4. The highest BCUT2D eigenvalue weighted by atomic mass is 16.1. The van der Waals surface area contributed by atoms with Crippen LogP contribution in [-0.4, -0.2) is 49.4 Å². The second-order valence-electron chi connectivity index (χ2n) is 8.62. The third kappa shape index (κ3) is 3.79. The molecule has 9 nitrogen and oxygen atoms in total. The van der Waals surface area contributed by atoms with E-state index in [1.54, 1.807) is 23.0 Å². The van der Waals surface area contributed by atoms with Crippen molar-refractivity contribution in [2.75, 3.05) is 25.5 Å². The molecular formula is C22H26N8O. The van der Waals surface area contributed by atoms with Crippen molar-refractivity contribution in [2.45, 2.75) is 50.6 Å². The van der Waals surface area contributed by atoms with Crippen LogP contribution in [0.4, 0.5) is 11.6 Å². The first kappa shape index (κ1) is 19.7. The molecule has 0 bridgehead atoms. The van der Waals surface area contributed by atoms with Crippen molar-refractivity contribution in [3.05, 3.63) is 40.6 Å². The maximum atomic E-state index is 12.9. The van der Waals surface area contributed by atoms with Crippen LogP contribution < -0.4 is 10.9 Å². The molecule has 1 N–H and O–H groups in total. The van der Waals surface area contributed by atoms with Crippen molar-refractivity contribution in [3.63, 3.8) is 0 Å². The minimum atomic E-state index is -0.262. The van der Waals surface area contributed by atoms with Gasteiger partial charge in [0, 0.05) is 23.8 Å². The van der Waals surface area contributed by atoms with Gasteiger partial charge >= 0.3 is 0 Å². The average molecular weight is 419 g/mol. The van der Waals surface area contributed by atoms with Gasteiger partial charge in [-0.2, -0.15) is 15.3 Å². The van der Waals surface area contributed by atoms with Crippen LogP contribution in [0.3, 0.4) is 0 Å².